The van der Waals surface area contributed by atoms with Gasteiger partial charge in [-0.05, 0) is 254 Å². The first-order chi connectivity index (χ1) is 46.0. The summed E-state index contributed by atoms with van der Waals surface area (Å²) in [6, 6.07) is 59.2. The summed E-state index contributed by atoms with van der Waals surface area (Å²) in [4.78, 5) is 11.6. The van der Waals surface area contributed by atoms with Crippen molar-refractivity contribution < 1.29 is 9.90 Å². The Morgan fingerprint density at radius 3 is 1.34 bits per heavy atom. The van der Waals surface area contributed by atoms with Gasteiger partial charge in [0.05, 0.1) is 6.61 Å². The minimum absolute atomic E-state index is 0.211. The van der Waals surface area contributed by atoms with Crippen LogP contribution in [-0.4, -0.2) is 17.5 Å². The number of rotatable bonds is 10. The van der Waals surface area contributed by atoms with Gasteiger partial charge in [0.15, 0.2) is 0 Å². The zero-order valence-corrected chi connectivity index (χ0v) is 65.0. The number of aliphatic hydroxyl groups excluding tert-OH is 1. The highest BCUT2D eigenvalue weighted by molar-refractivity contribution is 6.30. The van der Waals surface area contributed by atoms with Gasteiger partial charge in [-0.3, -0.25) is 4.79 Å². The van der Waals surface area contributed by atoms with Crippen LogP contribution in [0.25, 0.3) is 0 Å². The number of carbonyl (C=O) groups is 1. The zero-order chi connectivity index (χ0) is 70.8. The van der Waals surface area contributed by atoms with Crippen molar-refractivity contribution in [2.75, 3.05) is 6.61 Å². The maximum atomic E-state index is 11.6. The average molecular weight is 1330 g/mol. The van der Waals surface area contributed by atoms with E-state index < -0.39 is 0 Å². The van der Waals surface area contributed by atoms with Gasteiger partial charge in [0.1, 0.15) is 5.78 Å². The third kappa shape index (κ3) is 18.3. The largest absolute Gasteiger partial charge is 0.396 e. The van der Waals surface area contributed by atoms with E-state index in [1.165, 1.54) is 78.3 Å². The smallest absolute Gasteiger partial charge is 0.133 e. The molecule has 14 rings (SSSR count). The Morgan fingerprint density at radius 1 is 0.443 bits per heavy atom. The molecular weight excluding hydrogens is 1200 g/mol. The number of aliphatic hydroxyl groups is 1. The van der Waals surface area contributed by atoms with Gasteiger partial charge in [0.2, 0.25) is 0 Å². The fourth-order valence-corrected chi connectivity index (χ4v) is 19.4. The molecule has 0 amide bonds. The molecule has 0 fully saturated rings. The fourth-order valence-electron chi connectivity index (χ4n) is 19.2. The van der Waals surface area contributed by atoms with Gasteiger partial charge in [-0.1, -0.05) is 308 Å². The highest BCUT2D eigenvalue weighted by atomic mass is 35.5. The molecule has 7 aliphatic carbocycles. The van der Waals surface area contributed by atoms with Crippen molar-refractivity contribution >= 4 is 17.4 Å². The molecule has 524 valence electrons. The summed E-state index contributed by atoms with van der Waals surface area (Å²) in [5, 5.41) is 10.3. The normalized spacial score (nSPS) is 24.3. The summed E-state index contributed by atoms with van der Waals surface area (Å²) in [5.41, 5.74) is 21.9. The molecule has 1 N–H and O–H groups in total. The number of Topliss-reactive ketones (excluding diaryl/α,β-unsaturated/α-hetero) is 1. The first kappa shape index (κ1) is 77.2. The molecule has 11 unspecified atom stereocenters. The molecule has 2 nitrogen and oxygen atoms in total. The SMILES string of the molecule is CC(=O)C1Cc2ccccc2C1C(C)C.CC(C)C1CC(C)(C)c2cc(Cl)ccc21.CC(C)C1CC(C)(C)c2ccccc21.CC(C)C1CCc2ccccc21.CC(C)C1Cc2ccccc2C1CO.CC(C)C1c2ccccc2CC1C.CCC1Cc2ccccc2C1C(C)C. The minimum Gasteiger partial charge on any atom is -0.396 e. The molecule has 0 aromatic heterocycles. The number of aryl methyl sites for hydroxylation is 1. The number of fused-ring (bicyclic) bond motifs is 7. The lowest BCUT2D eigenvalue weighted by Crippen LogP contribution is -2.20. The Bertz CT molecular complexity index is 3630. The summed E-state index contributed by atoms with van der Waals surface area (Å²) >= 11 is 6.08. The van der Waals surface area contributed by atoms with Crippen molar-refractivity contribution in [2.45, 2.75) is 255 Å². The zero-order valence-electron chi connectivity index (χ0n) is 64.3. The molecule has 0 spiro atoms. The van der Waals surface area contributed by atoms with Gasteiger partial charge >= 0.3 is 0 Å². The predicted molar refractivity (Wildman–Crippen MR) is 419 cm³/mol. The quantitative estimate of drug-likeness (QED) is 0.148. The van der Waals surface area contributed by atoms with E-state index in [9.17, 15) is 9.90 Å². The van der Waals surface area contributed by atoms with Crippen molar-refractivity contribution in [2.24, 2.45) is 65.1 Å². The van der Waals surface area contributed by atoms with E-state index in [1.807, 2.05) is 6.07 Å². The third-order valence-corrected chi connectivity index (χ3v) is 24.5. The van der Waals surface area contributed by atoms with Crippen LogP contribution in [-0.2, 0) is 47.7 Å². The number of ketones is 1. The Morgan fingerprint density at radius 2 is 0.856 bits per heavy atom. The molecule has 0 aliphatic heterocycles. The summed E-state index contributed by atoms with van der Waals surface area (Å²) in [7, 11) is 0. The monoisotopic (exact) mass is 1320 g/mol. The maximum absolute atomic E-state index is 11.6. The summed E-state index contributed by atoms with van der Waals surface area (Å²) in [6.45, 7) is 48.4. The highest BCUT2D eigenvalue weighted by Gasteiger charge is 2.41. The molecule has 3 heteroatoms. The van der Waals surface area contributed by atoms with E-state index in [1.54, 1.807) is 51.4 Å². The molecule has 97 heavy (non-hydrogen) atoms. The fraction of sp³-hybridized carbons (Fsp3) is 0.543. The van der Waals surface area contributed by atoms with Crippen LogP contribution in [0.5, 0.6) is 0 Å². The predicted octanol–water partition coefficient (Wildman–Crippen LogP) is 25.6. The molecule has 7 aliphatic rings. The van der Waals surface area contributed by atoms with Crippen LogP contribution >= 0.6 is 11.6 Å². The van der Waals surface area contributed by atoms with Crippen LogP contribution in [0.4, 0.5) is 0 Å². The van der Waals surface area contributed by atoms with Gasteiger partial charge in [0.25, 0.3) is 0 Å². The van der Waals surface area contributed by atoms with Crippen molar-refractivity contribution in [3.05, 3.63) is 247 Å². The highest BCUT2D eigenvalue weighted by Crippen LogP contribution is 2.52. The minimum atomic E-state index is 0.211. The van der Waals surface area contributed by atoms with Gasteiger partial charge in [-0.2, -0.15) is 0 Å². The number of halogens is 1. The molecule has 0 heterocycles. The lowest BCUT2D eigenvalue weighted by Gasteiger charge is -2.22. The summed E-state index contributed by atoms with van der Waals surface area (Å²) in [5.74, 6) is 12.6. The van der Waals surface area contributed by atoms with Crippen LogP contribution in [0, 0.1) is 65.1 Å². The van der Waals surface area contributed by atoms with Crippen LogP contribution in [0.1, 0.15) is 290 Å². The van der Waals surface area contributed by atoms with Gasteiger partial charge in [-0.25, -0.2) is 0 Å². The first-order valence-electron chi connectivity index (χ1n) is 38.4. The van der Waals surface area contributed by atoms with Gasteiger partial charge in [-0.15, -0.1) is 0 Å². The average Bonchev–Trinajstić information content (AvgIpc) is 1.63. The topological polar surface area (TPSA) is 37.3 Å². The van der Waals surface area contributed by atoms with E-state index >= 15 is 0 Å². The lowest BCUT2D eigenvalue weighted by atomic mass is 9.81. The lowest BCUT2D eigenvalue weighted by molar-refractivity contribution is -0.121. The molecule has 0 bridgehead atoms. The molecule has 11 atom stereocenters. The number of benzene rings is 7. The van der Waals surface area contributed by atoms with E-state index in [-0.39, 0.29) is 11.3 Å². The maximum Gasteiger partial charge on any atom is 0.133 e. The van der Waals surface area contributed by atoms with E-state index in [0.717, 1.165) is 77.0 Å². The van der Waals surface area contributed by atoms with Crippen LogP contribution in [0.3, 0.4) is 0 Å². The van der Waals surface area contributed by atoms with E-state index in [2.05, 4.69) is 296 Å². The molecule has 0 saturated carbocycles. The number of carbonyl (C=O) groups excluding carboxylic acids is 1. The molecular formula is C94H129ClO2. The van der Waals surface area contributed by atoms with Crippen molar-refractivity contribution in [1.29, 1.82) is 0 Å². The number of hydrogen-bond acceptors (Lipinski definition) is 2. The third-order valence-electron chi connectivity index (χ3n) is 24.2. The second-order valence-corrected chi connectivity index (χ2v) is 34.7. The van der Waals surface area contributed by atoms with Crippen molar-refractivity contribution in [3.8, 4) is 0 Å². The Kier molecular flexibility index (Phi) is 27.2. The second kappa shape index (κ2) is 34.2. The molecule has 7 aromatic rings. The van der Waals surface area contributed by atoms with E-state index in [0.29, 0.717) is 59.2 Å². The van der Waals surface area contributed by atoms with Crippen LogP contribution < -0.4 is 0 Å². The van der Waals surface area contributed by atoms with Gasteiger partial charge in [0, 0.05) is 16.9 Å². The molecule has 0 radical (unpaired) electrons. The summed E-state index contributed by atoms with van der Waals surface area (Å²) < 4.78 is 0. The standard InChI is InChI=1S/C14H19Cl.C14H18O.2C14H20.C13H18O.C13H18.C12H16/c1-9(2)12-8-14(3,4)13-7-10(15)5-6-11(12)13;1-9(2)14-12-7-5-4-6-11(12)8-13(14)10(3)15;1-10(2)12-9-14(3,4)13-8-6-5-7-11(12)13;1-4-11-9-12-7-5-6-8-13(12)14(11)10(2)3;1-9(2)12-7-10-5-3-4-6-11(10)13(12)8-14;1-9(2)13-10(3)8-11-6-4-5-7-12(11)13;1-9(2)11-8-7-10-5-3-4-6-12(10)11/h5-7,9,12H,8H2,1-4H3;4-7,9,13-14H,8H2,1-3H3;5-8,10,12H,9H2,1-4H3;5-8,10-11,14H,4,9H2,1-3H3;3-6,9,12-14H,7-8H2,1-2H3;4-7,9-10,13H,8H2,1-3H3;3-6,9,11H,7-8H2,1-2H3. The Labute approximate surface area is 597 Å². The summed E-state index contributed by atoms with van der Waals surface area (Å²) in [6.07, 6.45) is 11.2. The molecule has 0 saturated heterocycles. The Balaban J connectivity index is 0.000000145. The van der Waals surface area contributed by atoms with Crippen LogP contribution in [0.2, 0.25) is 5.02 Å². The van der Waals surface area contributed by atoms with Crippen molar-refractivity contribution in [3.63, 3.8) is 0 Å². The van der Waals surface area contributed by atoms with Crippen molar-refractivity contribution in [1.82, 2.24) is 0 Å². The molecule has 7 aromatic carbocycles. The number of hydrogen-bond donors (Lipinski definition) is 1. The Hall–Kier alpha value is -5.54. The van der Waals surface area contributed by atoms with Crippen LogP contribution in [0.15, 0.2) is 164 Å². The van der Waals surface area contributed by atoms with E-state index in [4.69, 9.17) is 11.6 Å². The van der Waals surface area contributed by atoms with Gasteiger partial charge < -0.3 is 5.11 Å². The first-order valence-corrected chi connectivity index (χ1v) is 38.8. The second-order valence-electron chi connectivity index (χ2n) is 34.3.